The normalized spacial score (nSPS) is 11.0. The Bertz CT molecular complexity index is 612. The van der Waals surface area contributed by atoms with Crippen LogP contribution >= 0.6 is 11.6 Å². The number of halogens is 1. The quantitative estimate of drug-likeness (QED) is 0.586. The zero-order valence-electron chi connectivity index (χ0n) is 15.3. The van der Waals surface area contributed by atoms with Crippen molar-refractivity contribution < 1.29 is 4.74 Å². The van der Waals surface area contributed by atoms with Crippen molar-refractivity contribution in [3.05, 3.63) is 64.7 Å². The minimum atomic E-state index is 0.531. The van der Waals surface area contributed by atoms with Gasteiger partial charge in [0.1, 0.15) is 12.4 Å². The van der Waals surface area contributed by atoms with Crippen molar-refractivity contribution in [2.45, 2.75) is 33.4 Å². The van der Waals surface area contributed by atoms with Gasteiger partial charge in [-0.05, 0) is 68.0 Å². The fourth-order valence-corrected chi connectivity index (χ4v) is 2.91. The van der Waals surface area contributed by atoms with E-state index in [0.29, 0.717) is 6.61 Å². The van der Waals surface area contributed by atoms with E-state index in [-0.39, 0.29) is 0 Å². The summed E-state index contributed by atoms with van der Waals surface area (Å²) in [5.74, 6) is 0.880. The molecule has 136 valence electrons. The van der Waals surface area contributed by atoms with Gasteiger partial charge in [-0.25, -0.2) is 0 Å². The van der Waals surface area contributed by atoms with Crippen LogP contribution in [0, 0.1) is 0 Å². The lowest BCUT2D eigenvalue weighted by atomic mass is 10.2. The Kier molecular flexibility index (Phi) is 8.81. The van der Waals surface area contributed by atoms with Crippen molar-refractivity contribution in [2.24, 2.45) is 0 Å². The lowest BCUT2D eigenvalue weighted by Crippen LogP contribution is -2.27. The van der Waals surface area contributed by atoms with Gasteiger partial charge < -0.3 is 15.0 Å². The molecule has 0 unspecified atom stereocenters. The monoisotopic (exact) mass is 360 g/mol. The van der Waals surface area contributed by atoms with Crippen molar-refractivity contribution in [1.82, 2.24) is 10.2 Å². The number of hydrogen-bond donors (Lipinski definition) is 1. The number of rotatable bonds is 11. The van der Waals surface area contributed by atoms with Gasteiger partial charge in [-0.2, -0.15) is 0 Å². The van der Waals surface area contributed by atoms with Crippen LogP contribution in [0.5, 0.6) is 5.75 Å². The first-order chi connectivity index (χ1) is 12.2. The van der Waals surface area contributed by atoms with Crippen LogP contribution in [0.3, 0.4) is 0 Å². The third-order valence-corrected chi connectivity index (χ3v) is 4.50. The lowest BCUT2D eigenvalue weighted by molar-refractivity contribution is 0.298. The molecule has 0 aliphatic carbocycles. The zero-order valence-corrected chi connectivity index (χ0v) is 16.1. The molecule has 0 aromatic heterocycles. The molecule has 0 fully saturated rings. The van der Waals surface area contributed by atoms with Crippen molar-refractivity contribution in [1.29, 1.82) is 0 Å². The van der Waals surface area contributed by atoms with Gasteiger partial charge in [0.05, 0.1) is 0 Å². The van der Waals surface area contributed by atoms with E-state index in [0.717, 1.165) is 49.1 Å². The van der Waals surface area contributed by atoms with E-state index < -0.39 is 0 Å². The van der Waals surface area contributed by atoms with Crippen molar-refractivity contribution in [2.75, 3.05) is 26.2 Å². The molecule has 1 N–H and O–H groups in total. The van der Waals surface area contributed by atoms with Crippen molar-refractivity contribution in [3.8, 4) is 5.75 Å². The van der Waals surface area contributed by atoms with E-state index in [1.165, 1.54) is 12.0 Å². The van der Waals surface area contributed by atoms with E-state index in [2.05, 4.69) is 36.2 Å². The molecule has 2 aromatic rings. The van der Waals surface area contributed by atoms with Gasteiger partial charge in [-0.1, -0.05) is 49.7 Å². The molecule has 0 atom stereocenters. The smallest absolute Gasteiger partial charge is 0.119 e. The minimum absolute atomic E-state index is 0.531. The summed E-state index contributed by atoms with van der Waals surface area (Å²) in [6.45, 7) is 10.3. The van der Waals surface area contributed by atoms with Gasteiger partial charge in [-0.3, -0.25) is 0 Å². The standard InChI is InChI=1S/C21H29ClN2O/c1-3-24(4-2)14-6-13-23-16-18-9-11-21(12-10-18)25-17-19-7-5-8-20(22)15-19/h5,7-12,15,23H,3-4,6,13-14,16-17H2,1-2H3. The molecule has 4 heteroatoms. The summed E-state index contributed by atoms with van der Waals surface area (Å²) in [6.07, 6.45) is 1.18. The van der Waals surface area contributed by atoms with E-state index in [4.69, 9.17) is 16.3 Å². The number of nitrogens with zero attached hydrogens (tertiary/aromatic N) is 1. The molecule has 0 radical (unpaired) electrons. The highest BCUT2D eigenvalue weighted by Crippen LogP contribution is 2.16. The Morgan fingerprint density at radius 3 is 2.44 bits per heavy atom. The topological polar surface area (TPSA) is 24.5 Å². The van der Waals surface area contributed by atoms with Gasteiger partial charge in [0.2, 0.25) is 0 Å². The van der Waals surface area contributed by atoms with E-state index in [1.807, 2.05) is 36.4 Å². The van der Waals surface area contributed by atoms with Crippen LogP contribution in [0.2, 0.25) is 5.02 Å². The van der Waals surface area contributed by atoms with E-state index in [9.17, 15) is 0 Å². The molecule has 0 heterocycles. The number of hydrogen-bond acceptors (Lipinski definition) is 3. The third-order valence-electron chi connectivity index (χ3n) is 4.27. The molecule has 3 nitrogen and oxygen atoms in total. The maximum Gasteiger partial charge on any atom is 0.119 e. The zero-order chi connectivity index (χ0) is 17.9. The predicted octanol–water partition coefficient (Wildman–Crippen LogP) is 4.74. The maximum absolute atomic E-state index is 5.99. The molecule has 0 aliphatic rings. The van der Waals surface area contributed by atoms with Crippen LogP contribution in [-0.4, -0.2) is 31.1 Å². The Balaban J connectivity index is 1.67. The van der Waals surface area contributed by atoms with E-state index in [1.54, 1.807) is 0 Å². The van der Waals surface area contributed by atoms with Crippen LogP contribution in [-0.2, 0) is 13.2 Å². The average molecular weight is 361 g/mol. The Labute approximate surface area is 156 Å². The second-order valence-electron chi connectivity index (χ2n) is 6.12. The Morgan fingerprint density at radius 2 is 1.76 bits per heavy atom. The fourth-order valence-electron chi connectivity index (χ4n) is 2.70. The molecule has 0 saturated carbocycles. The summed E-state index contributed by atoms with van der Waals surface area (Å²) in [6, 6.07) is 16.0. The lowest BCUT2D eigenvalue weighted by Gasteiger charge is -2.17. The minimum Gasteiger partial charge on any atom is -0.489 e. The summed E-state index contributed by atoms with van der Waals surface area (Å²) < 4.78 is 5.81. The first-order valence-corrected chi connectivity index (χ1v) is 9.48. The molecule has 0 saturated heterocycles. The molecule has 0 spiro atoms. The maximum atomic E-state index is 5.99. The molecule has 2 aromatic carbocycles. The highest BCUT2D eigenvalue weighted by Gasteiger charge is 2.00. The first kappa shape index (κ1) is 19.8. The summed E-state index contributed by atoms with van der Waals surface area (Å²) in [5.41, 5.74) is 2.35. The number of ether oxygens (including phenoxy) is 1. The van der Waals surface area contributed by atoms with Crippen LogP contribution in [0.4, 0.5) is 0 Å². The number of nitrogens with one attached hydrogen (secondary N) is 1. The molecule has 25 heavy (non-hydrogen) atoms. The molecule has 0 amide bonds. The van der Waals surface area contributed by atoms with E-state index >= 15 is 0 Å². The molecular weight excluding hydrogens is 332 g/mol. The van der Waals surface area contributed by atoms with Crippen molar-refractivity contribution >= 4 is 11.6 Å². The van der Waals surface area contributed by atoms with Crippen LogP contribution < -0.4 is 10.1 Å². The van der Waals surface area contributed by atoms with Gasteiger partial charge >= 0.3 is 0 Å². The van der Waals surface area contributed by atoms with Crippen LogP contribution in [0.15, 0.2) is 48.5 Å². The second kappa shape index (κ2) is 11.1. The largest absolute Gasteiger partial charge is 0.489 e. The molecular formula is C21H29ClN2O. The molecule has 0 aliphatic heterocycles. The Morgan fingerprint density at radius 1 is 1.00 bits per heavy atom. The van der Waals surface area contributed by atoms with Gasteiger partial charge in [0.25, 0.3) is 0 Å². The van der Waals surface area contributed by atoms with Gasteiger partial charge in [-0.15, -0.1) is 0 Å². The summed E-state index contributed by atoms with van der Waals surface area (Å²) in [5, 5.41) is 4.25. The summed E-state index contributed by atoms with van der Waals surface area (Å²) >= 11 is 5.99. The van der Waals surface area contributed by atoms with Gasteiger partial charge in [0, 0.05) is 11.6 Å². The molecule has 0 bridgehead atoms. The first-order valence-electron chi connectivity index (χ1n) is 9.10. The fraction of sp³-hybridized carbons (Fsp3) is 0.429. The van der Waals surface area contributed by atoms with Crippen molar-refractivity contribution in [3.63, 3.8) is 0 Å². The Hall–Kier alpha value is -1.55. The highest BCUT2D eigenvalue weighted by atomic mass is 35.5. The third kappa shape index (κ3) is 7.47. The molecule has 2 rings (SSSR count). The summed E-state index contributed by atoms with van der Waals surface area (Å²) in [4.78, 5) is 2.45. The second-order valence-corrected chi connectivity index (χ2v) is 6.56. The number of benzene rings is 2. The SMILES string of the molecule is CCN(CC)CCCNCc1ccc(OCc2cccc(Cl)c2)cc1. The van der Waals surface area contributed by atoms with Gasteiger partial charge in [0.15, 0.2) is 0 Å². The average Bonchev–Trinajstić information content (AvgIpc) is 2.64. The highest BCUT2D eigenvalue weighted by molar-refractivity contribution is 6.30. The van der Waals surface area contributed by atoms with Crippen LogP contribution in [0.25, 0.3) is 0 Å². The van der Waals surface area contributed by atoms with Crippen LogP contribution in [0.1, 0.15) is 31.4 Å². The predicted molar refractivity (Wildman–Crippen MR) is 106 cm³/mol. The summed E-state index contributed by atoms with van der Waals surface area (Å²) in [7, 11) is 0.